The van der Waals surface area contributed by atoms with E-state index in [2.05, 4.69) is 15.2 Å². The number of carboxylic acid groups (broad SMARTS) is 2. The zero-order valence-corrected chi connectivity index (χ0v) is 20.5. The lowest BCUT2D eigenvalue weighted by Gasteiger charge is -2.37. The molecule has 37 heavy (non-hydrogen) atoms. The van der Waals surface area contributed by atoms with Crippen LogP contribution in [0.1, 0.15) is 22.3 Å². The molecule has 0 spiro atoms. The van der Waals surface area contributed by atoms with E-state index in [4.69, 9.17) is 19.8 Å². The van der Waals surface area contributed by atoms with Gasteiger partial charge >= 0.3 is 18.1 Å². The fourth-order valence-corrected chi connectivity index (χ4v) is 3.67. The second-order valence-corrected chi connectivity index (χ2v) is 8.33. The SMILES string of the molecule is CN(C)C(=O)c1cccnc1NCCCN1CCN(c2ccccc2C(F)(F)F)CC1.O=C(O)C(=O)O. The van der Waals surface area contributed by atoms with Gasteiger partial charge in [0.05, 0.1) is 11.1 Å². The topological polar surface area (TPSA) is 126 Å². The number of hydrogen-bond donors (Lipinski definition) is 3. The van der Waals surface area contributed by atoms with Crippen molar-refractivity contribution in [2.45, 2.75) is 12.6 Å². The summed E-state index contributed by atoms with van der Waals surface area (Å²) in [4.78, 5) is 40.3. The van der Waals surface area contributed by atoms with Crippen molar-refractivity contribution in [1.82, 2.24) is 14.8 Å². The molecule has 0 radical (unpaired) electrons. The fourth-order valence-electron chi connectivity index (χ4n) is 3.67. The number of carbonyl (C=O) groups excluding carboxylic acids is 1. The molecule has 3 rings (SSSR count). The first kappa shape index (κ1) is 29.4. The number of anilines is 2. The summed E-state index contributed by atoms with van der Waals surface area (Å²) in [6.07, 6.45) is -1.87. The third-order valence-corrected chi connectivity index (χ3v) is 5.49. The van der Waals surface area contributed by atoms with Crippen LogP contribution in [0.3, 0.4) is 0 Å². The molecule has 2 heterocycles. The van der Waals surface area contributed by atoms with Gasteiger partial charge in [0.2, 0.25) is 0 Å². The molecule has 10 nitrogen and oxygen atoms in total. The molecule has 1 aliphatic rings. The third kappa shape index (κ3) is 8.94. The van der Waals surface area contributed by atoms with Gasteiger partial charge in [0, 0.05) is 58.7 Å². The van der Waals surface area contributed by atoms with Crippen molar-refractivity contribution in [2.75, 3.05) is 63.6 Å². The smallest absolute Gasteiger partial charge is 0.418 e. The molecule has 3 N–H and O–H groups in total. The van der Waals surface area contributed by atoms with Crippen molar-refractivity contribution in [1.29, 1.82) is 0 Å². The molecule has 0 atom stereocenters. The summed E-state index contributed by atoms with van der Waals surface area (Å²) in [6.45, 7) is 4.01. The maximum Gasteiger partial charge on any atom is 0.418 e. The minimum Gasteiger partial charge on any atom is -0.473 e. The Hall–Kier alpha value is -3.87. The van der Waals surface area contributed by atoms with E-state index < -0.39 is 23.7 Å². The molecule has 0 bridgehead atoms. The Morgan fingerprint density at radius 2 is 1.62 bits per heavy atom. The minimum atomic E-state index is -4.35. The normalized spacial score (nSPS) is 13.8. The predicted octanol–water partition coefficient (Wildman–Crippen LogP) is 2.58. The van der Waals surface area contributed by atoms with E-state index in [1.165, 1.54) is 11.0 Å². The van der Waals surface area contributed by atoms with Crippen molar-refractivity contribution >= 4 is 29.4 Å². The number of benzene rings is 1. The molecule has 1 aliphatic heterocycles. The Labute approximate surface area is 212 Å². The number of rotatable bonds is 7. The average Bonchev–Trinajstić information content (AvgIpc) is 2.86. The molecule has 1 aromatic carbocycles. The molecular weight excluding hydrogens is 495 g/mol. The van der Waals surface area contributed by atoms with Crippen LogP contribution in [-0.4, -0.2) is 96.2 Å². The van der Waals surface area contributed by atoms with Crippen molar-refractivity contribution in [3.05, 3.63) is 53.7 Å². The molecule has 1 fully saturated rings. The number of piperazine rings is 1. The fraction of sp³-hybridized carbons (Fsp3) is 0.417. The van der Waals surface area contributed by atoms with E-state index in [0.29, 0.717) is 44.1 Å². The lowest BCUT2D eigenvalue weighted by molar-refractivity contribution is -0.159. The number of aliphatic carboxylic acids is 2. The van der Waals surface area contributed by atoms with Crippen LogP contribution in [0.15, 0.2) is 42.6 Å². The molecular formula is C24H30F3N5O5. The number of nitrogens with one attached hydrogen (secondary N) is 1. The highest BCUT2D eigenvalue weighted by Crippen LogP contribution is 2.36. The highest BCUT2D eigenvalue weighted by atomic mass is 19.4. The summed E-state index contributed by atoms with van der Waals surface area (Å²) >= 11 is 0. The minimum absolute atomic E-state index is 0.106. The second-order valence-electron chi connectivity index (χ2n) is 8.33. The van der Waals surface area contributed by atoms with Gasteiger partial charge in [-0.25, -0.2) is 14.6 Å². The Morgan fingerprint density at radius 3 is 2.19 bits per heavy atom. The summed E-state index contributed by atoms with van der Waals surface area (Å²) < 4.78 is 39.8. The average molecular weight is 526 g/mol. The van der Waals surface area contributed by atoms with Crippen LogP contribution in [0.2, 0.25) is 0 Å². The number of carboxylic acids is 2. The van der Waals surface area contributed by atoms with E-state index in [0.717, 1.165) is 19.0 Å². The van der Waals surface area contributed by atoms with Gasteiger partial charge in [-0.3, -0.25) is 9.69 Å². The van der Waals surface area contributed by atoms with E-state index in [1.54, 1.807) is 44.6 Å². The first-order chi connectivity index (χ1) is 17.4. The standard InChI is InChI=1S/C22H28F3N5O.C2H2O4/c1-28(2)21(31)17-7-5-10-26-20(17)27-11-6-12-29-13-15-30(16-14-29)19-9-4-3-8-18(19)22(23,24)25;3-1(4)2(5)6/h3-5,7-10H,6,11-16H2,1-2H3,(H,26,27);(H,3,4)(H,5,6). The van der Waals surface area contributed by atoms with Crippen LogP contribution in [-0.2, 0) is 15.8 Å². The van der Waals surface area contributed by atoms with Crippen molar-refractivity contribution < 1.29 is 37.8 Å². The lowest BCUT2D eigenvalue weighted by Crippen LogP contribution is -2.47. The number of alkyl halides is 3. The maximum absolute atomic E-state index is 13.3. The second kappa shape index (κ2) is 13.4. The van der Waals surface area contributed by atoms with Gasteiger partial charge in [-0.1, -0.05) is 12.1 Å². The number of nitrogens with zero attached hydrogens (tertiary/aromatic N) is 4. The Bertz CT molecular complexity index is 1060. The zero-order chi connectivity index (χ0) is 27.6. The number of para-hydroxylation sites is 1. The Morgan fingerprint density at radius 1 is 1.00 bits per heavy atom. The number of carbonyl (C=O) groups is 3. The van der Waals surface area contributed by atoms with Crippen LogP contribution in [0.5, 0.6) is 0 Å². The summed E-state index contributed by atoms with van der Waals surface area (Å²) in [5, 5.41) is 18.0. The number of hydrogen-bond acceptors (Lipinski definition) is 7. The molecule has 202 valence electrons. The van der Waals surface area contributed by atoms with Gasteiger partial charge in [0.15, 0.2) is 0 Å². The van der Waals surface area contributed by atoms with Crippen LogP contribution in [0, 0.1) is 0 Å². The predicted molar refractivity (Wildman–Crippen MR) is 131 cm³/mol. The number of aromatic nitrogens is 1. The van der Waals surface area contributed by atoms with Gasteiger partial charge in [-0.2, -0.15) is 13.2 Å². The molecule has 1 saturated heterocycles. The molecule has 0 unspecified atom stereocenters. The third-order valence-electron chi connectivity index (χ3n) is 5.49. The van der Waals surface area contributed by atoms with Crippen LogP contribution in [0.4, 0.5) is 24.7 Å². The van der Waals surface area contributed by atoms with Gasteiger partial charge in [-0.15, -0.1) is 0 Å². The highest BCUT2D eigenvalue weighted by Gasteiger charge is 2.35. The van der Waals surface area contributed by atoms with Gasteiger partial charge in [0.25, 0.3) is 5.91 Å². The molecule has 13 heteroatoms. The largest absolute Gasteiger partial charge is 0.473 e. The van der Waals surface area contributed by atoms with Crippen LogP contribution >= 0.6 is 0 Å². The Kier molecular flexibility index (Phi) is 10.7. The maximum atomic E-state index is 13.3. The van der Waals surface area contributed by atoms with Crippen LogP contribution in [0.25, 0.3) is 0 Å². The summed E-state index contributed by atoms with van der Waals surface area (Å²) in [6, 6.07) is 9.24. The monoisotopic (exact) mass is 525 g/mol. The number of halogens is 3. The summed E-state index contributed by atoms with van der Waals surface area (Å²) in [5.41, 5.74) is 0.208. The van der Waals surface area contributed by atoms with E-state index in [-0.39, 0.29) is 11.6 Å². The lowest BCUT2D eigenvalue weighted by atomic mass is 10.1. The summed E-state index contributed by atoms with van der Waals surface area (Å²) in [7, 11) is 3.40. The molecule has 1 aromatic heterocycles. The molecule has 1 amide bonds. The molecule has 0 aliphatic carbocycles. The molecule has 2 aromatic rings. The van der Waals surface area contributed by atoms with Crippen molar-refractivity contribution in [3.8, 4) is 0 Å². The van der Waals surface area contributed by atoms with Crippen LogP contribution < -0.4 is 10.2 Å². The van der Waals surface area contributed by atoms with Gasteiger partial charge in [-0.05, 0) is 37.2 Å². The summed E-state index contributed by atoms with van der Waals surface area (Å²) in [5.74, 6) is -3.19. The van der Waals surface area contributed by atoms with E-state index in [9.17, 15) is 18.0 Å². The highest BCUT2D eigenvalue weighted by molar-refractivity contribution is 6.27. The molecule has 0 saturated carbocycles. The zero-order valence-electron chi connectivity index (χ0n) is 20.5. The van der Waals surface area contributed by atoms with Gasteiger partial charge < -0.3 is 25.3 Å². The van der Waals surface area contributed by atoms with Crippen molar-refractivity contribution in [2.24, 2.45) is 0 Å². The van der Waals surface area contributed by atoms with Crippen molar-refractivity contribution in [3.63, 3.8) is 0 Å². The van der Waals surface area contributed by atoms with Gasteiger partial charge in [0.1, 0.15) is 5.82 Å². The van der Waals surface area contributed by atoms with E-state index >= 15 is 0 Å². The first-order valence-electron chi connectivity index (χ1n) is 11.4. The number of pyridine rings is 1. The first-order valence-corrected chi connectivity index (χ1v) is 11.4. The Balaban J connectivity index is 0.000000717. The van der Waals surface area contributed by atoms with E-state index in [1.807, 2.05) is 4.90 Å². The quantitative estimate of drug-likeness (QED) is 0.369. The number of amides is 1.